The van der Waals surface area contributed by atoms with Gasteiger partial charge in [0.2, 0.25) is 0 Å². The molecule has 2 aromatic rings. The summed E-state index contributed by atoms with van der Waals surface area (Å²) in [4.78, 5) is 0. The number of nitrogens with one attached hydrogen (secondary N) is 1. The first-order chi connectivity index (χ1) is 9.03. The van der Waals surface area contributed by atoms with Crippen LogP contribution >= 0.6 is 22.9 Å². The normalized spacial score (nSPS) is 11.3. The molecule has 102 valence electrons. The van der Waals surface area contributed by atoms with Gasteiger partial charge in [-0.05, 0) is 36.6 Å². The van der Waals surface area contributed by atoms with E-state index >= 15 is 0 Å². The van der Waals surface area contributed by atoms with Gasteiger partial charge in [-0.25, -0.2) is 8.42 Å². The molecule has 0 radical (unpaired) electrons. The molecule has 1 aromatic carbocycles. The highest BCUT2D eigenvalue weighted by Gasteiger charge is 2.15. The van der Waals surface area contributed by atoms with E-state index in [1.165, 1.54) is 6.07 Å². The lowest BCUT2D eigenvalue weighted by molar-refractivity contribution is 0.340. The van der Waals surface area contributed by atoms with Crippen LogP contribution < -0.4 is 9.46 Å². The van der Waals surface area contributed by atoms with Gasteiger partial charge in [0.15, 0.2) is 0 Å². The van der Waals surface area contributed by atoms with Gasteiger partial charge in [0.1, 0.15) is 9.96 Å². The fourth-order valence-electron chi connectivity index (χ4n) is 1.46. The molecule has 0 fully saturated rings. The van der Waals surface area contributed by atoms with Gasteiger partial charge in [0, 0.05) is 0 Å². The van der Waals surface area contributed by atoms with E-state index in [-0.39, 0.29) is 4.21 Å². The molecule has 1 aromatic heterocycles. The molecular weight excluding hydrogens is 306 g/mol. The Balaban J connectivity index is 2.23. The molecule has 1 N–H and O–H groups in total. The maximum absolute atomic E-state index is 12.0. The number of hydrogen-bond donors (Lipinski definition) is 1. The number of thiophene rings is 1. The minimum atomic E-state index is -3.54. The first-order valence-corrected chi connectivity index (χ1v) is 8.25. The van der Waals surface area contributed by atoms with E-state index in [9.17, 15) is 8.42 Å². The number of rotatable bonds is 5. The van der Waals surface area contributed by atoms with Crippen molar-refractivity contribution in [1.29, 1.82) is 0 Å². The second kappa shape index (κ2) is 5.81. The lowest BCUT2D eigenvalue weighted by Crippen LogP contribution is -2.11. The van der Waals surface area contributed by atoms with Crippen LogP contribution in [-0.2, 0) is 10.0 Å². The average molecular weight is 318 g/mol. The fraction of sp³-hybridized carbons (Fsp3) is 0.167. The van der Waals surface area contributed by atoms with Crippen molar-refractivity contribution in [3.63, 3.8) is 0 Å². The van der Waals surface area contributed by atoms with Gasteiger partial charge in [-0.2, -0.15) is 0 Å². The Morgan fingerprint density at radius 1 is 1.37 bits per heavy atom. The average Bonchev–Trinajstić information content (AvgIpc) is 2.87. The number of hydrogen-bond acceptors (Lipinski definition) is 4. The zero-order valence-corrected chi connectivity index (χ0v) is 12.5. The fourth-order valence-corrected chi connectivity index (χ4v) is 3.74. The predicted molar refractivity (Wildman–Crippen MR) is 77.7 cm³/mol. The molecule has 0 aliphatic heterocycles. The van der Waals surface area contributed by atoms with Crippen LogP contribution in [0.1, 0.15) is 6.92 Å². The molecule has 7 heteroatoms. The molecule has 0 spiro atoms. The number of anilines is 1. The van der Waals surface area contributed by atoms with Crippen molar-refractivity contribution < 1.29 is 13.2 Å². The van der Waals surface area contributed by atoms with E-state index in [1.54, 1.807) is 29.6 Å². The summed E-state index contributed by atoms with van der Waals surface area (Å²) in [6.07, 6.45) is 0. The van der Waals surface area contributed by atoms with Gasteiger partial charge in [-0.3, -0.25) is 4.72 Å². The van der Waals surface area contributed by atoms with Gasteiger partial charge in [0.05, 0.1) is 17.3 Å². The number of halogens is 1. The highest BCUT2D eigenvalue weighted by molar-refractivity contribution is 7.94. The SMILES string of the molecule is CCOc1ccc(NS(=O)(=O)c2cccs2)cc1Cl. The van der Waals surface area contributed by atoms with E-state index in [0.717, 1.165) is 11.3 Å². The highest BCUT2D eigenvalue weighted by Crippen LogP contribution is 2.29. The summed E-state index contributed by atoms with van der Waals surface area (Å²) in [7, 11) is -3.54. The molecule has 0 unspecified atom stereocenters. The summed E-state index contributed by atoms with van der Waals surface area (Å²) in [6, 6.07) is 8.01. The molecule has 0 aliphatic carbocycles. The highest BCUT2D eigenvalue weighted by atomic mass is 35.5. The zero-order chi connectivity index (χ0) is 13.9. The third kappa shape index (κ3) is 3.40. The lowest BCUT2D eigenvalue weighted by Gasteiger charge is -2.09. The Morgan fingerprint density at radius 2 is 2.16 bits per heavy atom. The van der Waals surface area contributed by atoms with Crippen molar-refractivity contribution in [3.8, 4) is 5.75 Å². The quantitative estimate of drug-likeness (QED) is 0.916. The first-order valence-electron chi connectivity index (χ1n) is 5.51. The van der Waals surface area contributed by atoms with Crippen molar-refractivity contribution >= 4 is 38.6 Å². The maximum atomic E-state index is 12.0. The van der Waals surface area contributed by atoms with Crippen LogP contribution in [-0.4, -0.2) is 15.0 Å². The van der Waals surface area contributed by atoms with E-state index in [2.05, 4.69) is 4.72 Å². The molecule has 1 heterocycles. The third-order valence-corrected chi connectivity index (χ3v) is 5.32. The molecule has 4 nitrogen and oxygen atoms in total. The maximum Gasteiger partial charge on any atom is 0.271 e. The summed E-state index contributed by atoms with van der Waals surface area (Å²) in [6.45, 7) is 2.35. The van der Waals surface area contributed by atoms with Gasteiger partial charge in [-0.1, -0.05) is 17.7 Å². The zero-order valence-electron chi connectivity index (χ0n) is 10.1. The van der Waals surface area contributed by atoms with Crippen LogP contribution in [0.5, 0.6) is 5.75 Å². The molecule has 0 atom stereocenters. The summed E-state index contributed by atoms with van der Waals surface area (Å²) in [5.74, 6) is 0.531. The molecule has 2 rings (SSSR count). The van der Waals surface area contributed by atoms with Crippen LogP contribution in [0.25, 0.3) is 0 Å². The lowest BCUT2D eigenvalue weighted by atomic mass is 10.3. The van der Waals surface area contributed by atoms with E-state index in [1.807, 2.05) is 6.92 Å². The Labute approximate surface area is 121 Å². The summed E-state index contributed by atoms with van der Waals surface area (Å²) >= 11 is 7.16. The summed E-state index contributed by atoms with van der Waals surface area (Å²) in [5.41, 5.74) is 0.404. The minimum absolute atomic E-state index is 0.262. The standard InChI is InChI=1S/C12H12ClNO3S2/c1-2-17-11-6-5-9(8-10(11)13)14-19(15,16)12-4-3-7-18-12/h3-8,14H,2H2,1H3. The largest absolute Gasteiger partial charge is 0.492 e. The Bertz CT molecular complexity index is 654. The van der Waals surface area contributed by atoms with Crippen LogP contribution in [0.4, 0.5) is 5.69 Å². The number of ether oxygens (including phenoxy) is 1. The van der Waals surface area contributed by atoms with E-state index in [4.69, 9.17) is 16.3 Å². The molecule has 0 aliphatic rings. The number of benzene rings is 1. The predicted octanol–water partition coefficient (Wildman–Crippen LogP) is 3.60. The Morgan fingerprint density at radius 3 is 2.74 bits per heavy atom. The van der Waals surface area contributed by atoms with Crippen LogP contribution in [0.2, 0.25) is 5.02 Å². The number of sulfonamides is 1. The molecular formula is C12H12ClNO3S2. The van der Waals surface area contributed by atoms with Crippen molar-refractivity contribution in [2.75, 3.05) is 11.3 Å². The second-order valence-electron chi connectivity index (χ2n) is 3.62. The third-order valence-electron chi connectivity index (χ3n) is 2.24. The van der Waals surface area contributed by atoms with Crippen LogP contribution in [0.3, 0.4) is 0 Å². The van der Waals surface area contributed by atoms with Crippen molar-refractivity contribution in [2.24, 2.45) is 0 Å². The van der Waals surface area contributed by atoms with Gasteiger partial charge < -0.3 is 4.74 Å². The van der Waals surface area contributed by atoms with Crippen molar-refractivity contribution in [2.45, 2.75) is 11.1 Å². The molecule has 0 bridgehead atoms. The van der Waals surface area contributed by atoms with E-state index < -0.39 is 10.0 Å². The molecule has 0 amide bonds. The minimum Gasteiger partial charge on any atom is -0.492 e. The summed E-state index contributed by atoms with van der Waals surface area (Å²) in [5, 5.41) is 2.08. The smallest absolute Gasteiger partial charge is 0.271 e. The summed E-state index contributed by atoms with van der Waals surface area (Å²) < 4.78 is 32.0. The van der Waals surface area contributed by atoms with Gasteiger partial charge in [0.25, 0.3) is 10.0 Å². The van der Waals surface area contributed by atoms with Crippen molar-refractivity contribution in [3.05, 3.63) is 40.7 Å². The molecule has 0 saturated heterocycles. The van der Waals surface area contributed by atoms with E-state index in [0.29, 0.717) is 23.1 Å². The topological polar surface area (TPSA) is 55.4 Å². The van der Waals surface area contributed by atoms with Crippen LogP contribution in [0, 0.1) is 0 Å². The van der Waals surface area contributed by atoms with Crippen LogP contribution in [0.15, 0.2) is 39.9 Å². The monoisotopic (exact) mass is 317 g/mol. The molecule has 0 saturated carbocycles. The molecule has 19 heavy (non-hydrogen) atoms. The van der Waals surface area contributed by atoms with Gasteiger partial charge in [-0.15, -0.1) is 11.3 Å². The Hall–Kier alpha value is -1.24. The first kappa shape index (κ1) is 14.2. The van der Waals surface area contributed by atoms with Gasteiger partial charge >= 0.3 is 0 Å². The van der Waals surface area contributed by atoms with Crippen molar-refractivity contribution in [1.82, 2.24) is 0 Å². The Kier molecular flexibility index (Phi) is 4.34. The second-order valence-corrected chi connectivity index (χ2v) is 6.88.